The number of nitro benzene ring substituents is 1. The Hall–Kier alpha value is -2.67. The second-order valence-corrected chi connectivity index (χ2v) is 5.00. The van der Waals surface area contributed by atoms with Gasteiger partial charge in [-0.3, -0.25) is 10.1 Å². The van der Waals surface area contributed by atoms with Crippen molar-refractivity contribution >= 4 is 34.4 Å². The maximum absolute atomic E-state index is 10.9. The molecule has 0 atom stereocenters. The van der Waals surface area contributed by atoms with Crippen molar-refractivity contribution in [1.29, 1.82) is 0 Å². The molecular formula is C15H15N3O3S. The summed E-state index contributed by atoms with van der Waals surface area (Å²) in [5.41, 5.74) is 2.33. The van der Waals surface area contributed by atoms with E-state index in [1.165, 1.54) is 25.3 Å². The van der Waals surface area contributed by atoms with Crippen LogP contribution in [0.4, 0.5) is 17.1 Å². The minimum Gasteiger partial charge on any atom is -0.495 e. The number of hydrogen-bond donors (Lipinski definition) is 2. The van der Waals surface area contributed by atoms with Gasteiger partial charge < -0.3 is 15.4 Å². The molecule has 2 aromatic rings. The first-order valence-corrected chi connectivity index (χ1v) is 6.87. The fourth-order valence-corrected chi connectivity index (χ4v) is 2.14. The number of benzene rings is 2. The van der Waals surface area contributed by atoms with Crippen LogP contribution in [0.3, 0.4) is 0 Å². The third-order valence-electron chi connectivity index (χ3n) is 2.92. The van der Waals surface area contributed by atoms with Crippen LogP contribution < -0.4 is 15.4 Å². The van der Waals surface area contributed by atoms with Gasteiger partial charge in [0.2, 0.25) is 0 Å². The Kier molecular flexibility index (Phi) is 4.90. The lowest BCUT2D eigenvalue weighted by Crippen LogP contribution is -2.19. The number of nitrogens with zero attached hydrogens (tertiary/aromatic N) is 1. The van der Waals surface area contributed by atoms with E-state index in [0.717, 1.165) is 11.3 Å². The zero-order valence-electron chi connectivity index (χ0n) is 12.1. The Balaban J connectivity index is 2.16. The van der Waals surface area contributed by atoms with Gasteiger partial charge in [-0.05, 0) is 42.9 Å². The Bertz CT molecular complexity index is 719. The van der Waals surface area contributed by atoms with Gasteiger partial charge in [-0.25, -0.2) is 0 Å². The minimum atomic E-state index is -0.471. The highest BCUT2D eigenvalue weighted by atomic mass is 32.1. The molecule has 0 saturated carbocycles. The van der Waals surface area contributed by atoms with Gasteiger partial charge in [-0.1, -0.05) is 12.1 Å². The molecule has 0 radical (unpaired) electrons. The summed E-state index contributed by atoms with van der Waals surface area (Å²) in [5.74, 6) is 0.471. The molecule has 0 heterocycles. The molecule has 114 valence electrons. The van der Waals surface area contributed by atoms with Gasteiger partial charge in [0.05, 0.1) is 17.7 Å². The minimum absolute atomic E-state index is 0.0401. The van der Waals surface area contributed by atoms with E-state index < -0.39 is 4.92 Å². The molecule has 0 aliphatic carbocycles. The van der Waals surface area contributed by atoms with Crippen LogP contribution in [0.25, 0.3) is 0 Å². The summed E-state index contributed by atoms with van der Waals surface area (Å²) in [7, 11) is 1.49. The highest BCUT2D eigenvalue weighted by Crippen LogP contribution is 2.29. The summed E-state index contributed by atoms with van der Waals surface area (Å²) in [4.78, 5) is 10.4. The summed E-state index contributed by atoms with van der Waals surface area (Å²) >= 11 is 5.23. The van der Waals surface area contributed by atoms with Gasteiger partial charge in [-0.15, -0.1) is 0 Å². The topological polar surface area (TPSA) is 76.4 Å². The smallest absolute Gasteiger partial charge is 0.271 e. The van der Waals surface area contributed by atoms with Crippen molar-refractivity contribution in [2.24, 2.45) is 0 Å². The maximum Gasteiger partial charge on any atom is 0.271 e. The average molecular weight is 317 g/mol. The van der Waals surface area contributed by atoms with E-state index in [2.05, 4.69) is 10.6 Å². The molecule has 0 aliphatic rings. The first kappa shape index (κ1) is 15.7. The van der Waals surface area contributed by atoms with Crippen molar-refractivity contribution in [3.8, 4) is 5.75 Å². The number of nitrogens with one attached hydrogen (secondary N) is 2. The molecule has 0 aromatic heterocycles. The quantitative estimate of drug-likeness (QED) is 0.508. The van der Waals surface area contributed by atoms with Crippen LogP contribution in [0, 0.1) is 17.0 Å². The maximum atomic E-state index is 10.9. The molecule has 6 nitrogen and oxygen atoms in total. The third kappa shape index (κ3) is 3.92. The summed E-state index contributed by atoms with van der Waals surface area (Å²) in [6, 6.07) is 12.0. The van der Waals surface area contributed by atoms with E-state index in [-0.39, 0.29) is 5.69 Å². The van der Waals surface area contributed by atoms with Gasteiger partial charge in [0, 0.05) is 17.8 Å². The Labute approximate surface area is 133 Å². The summed E-state index contributed by atoms with van der Waals surface area (Å²) in [6.07, 6.45) is 0. The van der Waals surface area contributed by atoms with E-state index in [1.54, 1.807) is 0 Å². The van der Waals surface area contributed by atoms with E-state index >= 15 is 0 Å². The normalized spacial score (nSPS) is 9.91. The molecule has 0 unspecified atom stereocenters. The molecule has 7 heteroatoms. The van der Waals surface area contributed by atoms with Crippen LogP contribution in [0.15, 0.2) is 42.5 Å². The highest BCUT2D eigenvalue weighted by molar-refractivity contribution is 7.80. The molecule has 2 aromatic carbocycles. The van der Waals surface area contributed by atoms with Crippen LogP contribution in [-0.2, 0) is 0 Å². The number of nitro groups is 1. The van der Waals surface area contributed by atoms with Crippen LogP contribution >= 0.6 is 12.2 Å². The number of aryl methyl sites for hydroxylation is 1. The second kappa shape index (κ2) is 6.86. The molecular weight excluding hydrogens is 302 g/mol. The fraction of sp³-hybridized carbons (Fsp3) is 0.133. The van der Waals surface area contributed by atoms with Crippen molar-refractivity contribution in [3.63, 3.8) is 0 Å². The zero-order valence-corrected chi connectivity index (χ0v) is 12.9. The monoisotopic (exact) mass is 317 g/mol. The van der Waals surface area contributed by atoms with Crippen molar-refractivity contribution in [3.05, 3.63) is 58.1 Å². The van der Waals surface area contributed by atoms with Crippen molar-refractivity contribution in [2.75, 3.05) is 17.7 Å². The molecule has 0 bridgehead atoms. The largest absolute Gasteiger partial charge is 0.495 e. The van der Waals surface area contributed by atoms with Crippen LogP contribution in [0.5, 0.6) is 5.75 Å². The van der Waals surface area contributed by atoms with E-state index in [0.29, 0.717) is 16.5 Å². The molecule has 2 N–H and O–H groups in total. The molecule has 2 rings (SSSR count). The SMILES string of the molecule is COc1ccc([N+](=O)[O-])cc1NC(=S)Nc1cccc(C)c1. The number of hydrogen-bond acceptors (Lipinski definition) is 4. The van der Waals surface area contributed by atoms with Crippen molar-refractivity contribution in [1.82, 2.24) is 0 Å². The molecule has 0 aliphatic heterocycles. The molecule has 22 heavy (non-hydrogen) atoms. The highest BCUT2D eigenvalue weighted by Gasteiger charge is 2.12. The molecule has 0 spiro atoms. The molecule has 0 saturated heterocycles. The van der Waals surface area contributed by atoms with Crippen molar-refractivity contribution in [2.45, 2.75) is 6.92 Å². The van der Waals surface area contributed by atoms with Gasteiger partial charge in [-0.2, -0.15) is 0 Å². The lowest BCUT2D eigenvalue weighted by atomic mass is 10.2. The van der Waals surface area contributed by atoms with Gasteiger partial charge in [0.15, 0.2) is 5.11 Å². The summed E-state index contributed by atoms with van der Waals surface area (Å²) < 4.78 is 5.18. The number of methoxy groups -OCH3 is 1. The predicted octanol–water partition coefficient (Wildman–Crippen LogP) is 3.72. The second-order valence-electron chi connectivity index (χ2n) is 4.59. The van der Waals surface area contributed by atoms with Gasteiger partial charge >= 0.3 is 0 Å². The van der Waals surface area contributed by atoms with Crippen LogP contribution in [0.2, 0.25) is 0 Å². The first-order chi connectivity index (χ1) is 10.5. The van der Waals surface area contributed by atoms with Gasteiger partial charge in [0.25, 0.3) is 5.69 Å². The zero-order chi connectivity index (χ0) is 16.1. The number of thiocarbonyl (C=S) groups is 1. The average Bonchev–Trinajstić information content (AvgIpc) is 2.47. The Morgan fingerprint density at radius 3 is 2.64 bits per heavy atom. The van der Waals surface area contributed by atoms with Gasteiger partial charge in [0.1, 0.15) is 5.75 Å². The van der Waals surface area contributed by atoms with E-state index in [4.69, 9.17) is 17.0 Å². The van der Waals surface area contributed by atoms with Crippen molar-refractivity contribution < 1.29 is 9.66 Å². The van der Waals surface area contributed by atoms with Crippen LogP contribution in [-0.4, -0.2) is 17.1 Å². The molecule has 0 fully saturated rings. The Morgan fingerprint density at radius 1 is 1.23 bits per heavy atom. The number of rotatable bonds is 4. The predicted molar refractivity (Wildman–Crippen MR) is 90.7 cm³/mol. The first-order valence-electron chi connectivity index (χ1n) is 6.46. The number of ether oxygens (including phenoxy) is 1. The Morgan fingerprint density at radius 2 is 2.00 bits per heavy atom. The lowest BCUT2D eigenvalue weighted by molar-refractivity contribution is -0.384. The lowest BCUT2D eigenvalue weighted by Gasteiger charge is -2.13. The molecule has 0 amide bonds. The van der Waals surface area contributed by atoms with E-state index in [1.807, 2.05) is 31.2 Å². The number of non-ortho nitro benzene ring substituents is 1. The van der Waals surface area contributed by atoms with Crippen LogP contribution in [0.1, 0.15) is 5.56 Å². The van der Waals surface area contributed by atoms with E-state index in [9.17, 15) is 10.1 Å². The summed E-state index contributed by atoms with van der Waals surface area (Å²) in [6.45, 7) is 1.98. The third-order valence-corrected chi connectivity index (χ3v) is 3.12. The standard InChI is InChI=1S/C15H15N3O3S/c1-10-4-3-5-11(8-10)16-15(22)17-13-9-12(18(19)20)6-7-14(13)21-2/h3-9H,1-2H3,(H2,16,17,22). The fourth-order valence-electron chi connectivity index (χ4n) is 1.91. The number of anilines is 2. The summed E-state index contributed by atoms with van der Waals surface area (Å²) in [5, 5.41) is 17.1.